The van der Waals surface area contributed by atoms with Crippen molar-refractivity contribution in [1.29, 1.82) is 5.26 Å². The molecule has 1 heterocycles. The molecule has 1 aromatic heterocycles. The number of hydrogen-bond acceptors (Lipinski definition) is 3. The Kier molecular flexibility index (Phi) is 5.35. The van der Waals surface area contributed by atoms with Crippen LogP contribution in [-0.4, -0.2) is 11.5 Å². The lowest BCUT2D eigenvalue weighted by Gasteiger charge is -2.07. The number of aromatic nitrogens is 1. The van der Waals surface area contributed by atoms with Crippen molar-refractivity contribution in [3.05, 3.63) is 23.9 Å². The highest BCUT2D eigenvalue weighted by Crippen LogP contribution is 2.10. The van der Waals surface area contributed by atoms with Gasteiger partial charge < -0.3 is 5.32 Å². The zero-order valence-corrected chi connectivity index (χ0v) is 10.0. The Morgan fingerprint density at radius 2 is 2.25 bits per heavy atom. The van der Waals surface area contributed by atoms with Crippen LogP contribution in [0.25, 0.3) is 0 Å². The molecule has 3 nitrogen and oxygen atoms in total. The summed E-state index contributed by atoms with van der Waals surface area (Å²) in [5, 5.41) is 12.1. The Hall–Kier alpha value is -1.56. The van der Waals surface area contributed by atoms with E-state index in [0.29, 0.717) is 11.4 Å². The molecule has 0 aliphatic rings. The Morgan fingerprint density at radius 3 is 2.94 bits per heavy atom. The van der Waals surface area contributed by atoms with E-state index in [1.54, 1.807) is 18.3 Å². The van der Waals surface area contributed by atoms with Crippen molar-refractivity contribution in [3.63, 3.8) is 0 Å². The summed E-state index contributed by atoms with van der Waals surface area (Å²) in [4.78, 5) is 4.15. The van der Waals surface area contributed by atoms with E-state index in [1.807, 2.05) is 0 Å². The van der Waals surface area contributed by atoms with E-state index >= 15 is 0 Å². The van der Waals surface area contributed by atoms with Crippen LogP contribution in [-0.2, 0) is 0 Å². The van der Waals surface area contributed by atoms with Crippen LogP contribution in [0.4, 0.5) is 5.82 Å². The lowest BCUT2D eigenvalue weighted by molar-refractivity contribution is 0.544. The van der Waals surface area contributed by atoms with Gasteiger partial charge in [0.05, 0.1) is 5.56 Å². The molecule has 0 radical (unpaired) electrons. The molecular weight excluding hydrogens is 198 g/mol. The molecule has 3 heteroatoms. The summed E-state index contributed by atoms with van der Waals surface area (Å²) in [5.74, 6) is 1.47. The number of unbranched alkanes of at least 4 members (excludes halogenated alkanes) is 1. The highest BCUT2D eigenvalue weighted by atomic mass is 15.0. The average molecular weight is 217 g/mol. The second kappa shape index (κ2) is 6.84. The minimum absolute atomic E-state index is 0.617. The first-order chi connectivity index (χ1) is 7.74. The number of rotatable bonds is 6. The highest BCUT2D eigenvalue weighted by Gasteiger charge is 2.00. The fraction of sp³-hybridized carbons (Fsp3) is 0.538. The van der Waals surface area contributed by atoms with Crippen molar-refractivity contribution in [2.75, 3.05) is 11.9 Å². The SMILES string of the molecule is CC(C)CCCCNc1ncccc1C#N. The topological polar surface area (TPSA) is 48.7 Å². The van der Waals surface area contributed by atoms with E-state index in [2.05, 4.69) is 30.2 Å². The van der Waals surface area contributed by atoms with Crippen molar-refractivity contribution < 1.29 is 0 Å². The predicted molar refractivity (Wildman–Crippen MR) is 66.1 cm³/mol. The second-order valence-electron chi connectivity index (χ2n) is 4.33. The number of hydrogen-bond donors (Lipinski definition) is 1. The van der Waals surface area contributed by atoms with Crippen LogP contribution >= 0.6 is 0 Å². The minimum Gasteiger partial charge on any atom is -0.369 e. The van der Waals surface area contributed by atoms with E-state index in [-0.39, 0.29) is 0 Å². The standard InChI is InChI=1S/C13H19N3/c1-11(2)6-3-4-8-15-13-12(10-14)7-5-9-16-13/h5,7,9,11H,3-4,6,8H2,1-2H3,(H,15,16). The molecule has 0 aromatic carbocycles. The molecule has 0 bridgehead atoms. The van der Waals surface area contributed by atoms with Crippen LogP contribution in [0.1, 0.15) is 38.7 Å². The number of anilines is 1. The summed E-state index contributed by atoms with van der Waals surface area (Å²) in [5.41, 5.74) is 0.617. The molecule has 0 atom stereocenters. The van der Waals surface area contributed by atoms with Crippen LogP contribution in [0.3, 0.4) is 0 Å². The van der Waals surface area contributed by atoms with Crippen LogP contribution < -0.4 is 5.32 Å². The minimum atomic E-state index is 0.617. The molecule has 0 amide bonds. The predicted octanol–water partition coefficient (Wildman–Crippen LogP) is 3.19. The molecule has 0 saturated carbocycles. The summed E-state index contributed by atoms with van der Waals surface area (Å²) in [7, 11) is 0. The molecule has 86 valence electrons. The van der Waals surface area contributed by atoms with E-state index in [1.165, 1.54) is 12.8 Å². The maximum atomic E-state index is 8.86. The summed E-state index contributed by atoms with van der Waals surface area (Å²) in [6.07, 6.45) is 5.31. The van der Waals surface area contributed by atoms with Gasteiger partial charge >= 0.3 is 0 Å². The van der Waals surface area contributed by atoms with Gasteiger partial charge in [-0.3, -0.25) is 0 Å². The monoisotopic (exact) mass is 217 g/mol. The zero-order chi connectivity index (χ0) is 11.8. The van der Waals surface area contributed by atoms with E-state index in [4.69, 9.17) is 5.26 Å². The molecule has 0 saturated heterocycles. The van der Waals surface area contributed by atoms with E-state index in [0.717, 1.165) is 18.9 Å². The zero-order valence-electron chi connectivity index (χ0n) is 10.0. The van der Waals surface area contributed by atoms with Crippen molar-refractivity contribution >= 4 is 5.82 Å². The fourth-order valence-corrected chi connectivity index (χ4v) is 1.52. The Bertz CT molecular complexity index is 352. The van der Waals surface area contributed by atoms with Gasteiger partial charge in [-0.15, -0.1) is 0 Å². The molecule has 1 N–H and O–H groups in total. The van der Waals surface area contributed by atoms with Gasteiger partial charge in [-0.05, 0) is 24.5 Å². The summed E-state index contributed by atoms with van der Waals surface area (Å²) >= 11 is 0. The van der Waals surface area contributed by atoms with Gasteiger partial charge in [0.25, 0.3) is 0 Å². The van der Waals surface area contributed by atoms with Gasteiger partial charge in [0.2, 0.25) is 0 Å². The van der Waals surface area contributed by atoms with Crippen LogP contribution in [0.2, 0.25) is 0 Å². The number of nitrogens with one attached hydrogen (secondary N) is 1. The Balaban J connectivity index is 2.30. The van der Waals surface area contributed by atoms with Crippen molar-refractivity contribution in [2.45, 2.75) is 33.1 Å². The normalized spacial score (nSPS) is 10.1. The number of nitriles is 1. The number of nitrogens with zero attached hydrogens (tertiary/aromatic N) is 2. The first kappa shape index (κ1) is 12.5. The molecule has 0 unspecified atom stereocenters. The van der Waals surface area contributed by atoms with Gasteiger partial charge in [0.1, 0.15) is 11.9 Å². The van der Waals surface area contributed by atoms with Gasteiger partial charge in [0, 0.05) is 12.7 Å². The molecule has 16 heavy (non-hydrogen) atoms. The molecule has 0 fully saturated rings. The molecule has 0 spiro atoms. The third-order valence-corrected chi connectivity index (χ3v) is 2.43. The third kappa shape index (κ3) is 4.31. The van der Waals surface area contributed by atoms with Gasteiger partial charge in [-0.2, -0.15) is 5.26 Å². The van der Waals surface area contributed by atoms with Crippen LogP contribution in [0.15, 0.2) is 18.3 Å². The van der Waals surface area contributed by atoms with Gasteiger partial charge in [0.15, 0.2) is 0 Å². The fourth-order valence-electron chi connectivity index (χ4n) is 1.52. The first-order valence-corrected chi connectivity index (χ1v) is 5.83. The average Bonchev–Trinajstić information content (AvgIpc) is 2.29. The largest absolute Gasteiger partial charge is 0.369 e. The van der Waals surface area contributed by atoms with Gasteiger partial charge in [-0.25, -0.2) is 4.98 Å². The summed E-state index contributed by atoms with van der Waals surface area (Å²) < 4.78 is 0. The van der Waals surface area contributed by atoms with Crippen molar-refractivity contribution in [1.82, 2.24) is 4.98 Å². The highest BCUT2D eigenvalue weighted by molar-refractivity contribution is 5.50. The lowest BCUT2D eigenvalue weighted by atomic mass is 10.1. The maximum absolute atomic E-state index is 8.86. The molecule has 1 aromatic rings. The molecule has 1 rings (SSSR count). The van der Waals surface area contributed by atoms with Crippen molar-refractivity contribution in [3.8, 4) is 6.07 Å². The van der Waals surface area contributed by atoms with Crippen LogP contribution in [0, 0.1) is 17.2 Å². The second-order valence-corrected chi connectivity index (χ2v) is 4.33. The molecule has 0 aliphatic carbocycles. The smallest absolute Gasteiger partial charge is 0.143 e. The quantitative estimate of drug-likeness (QED) is 0.744. The maximum Gasteiger partial charge on any atom is 0.143 e. The summed E-state index contributed by atoms with van der Waals surface area (Å²) in [6.45, 7) is 5.36. The molecular formula is C13H19N3. The van der Waals surface area contributed by atoms with Crippen molar-refractivity contribution in [2.24, 2.45) is 5.92 Å². The molecule has 0 aliphatic heterocycles. The van der Waals surface area contributed by atoms with Crippen LogP contribution in [0.5, 0.6) is 0 Å². The lowest BCUT2D eigenvalue weighted by Crippen LogP contribution is -2.05. The number of pyridine rings is 1. The summed E-state index contributed by atoms with van der Waals surface area (Å²) in [6, 6.07) is 5.69. The van der Waals surface area contributed by atoms with E-state index in [9.17, 15) is 0 Å². The first-order valence-electron chi connectivity index (χ1n) is 5.83. The third-order valence-electron chi connectivity index (χ3n) is 2.43. The van der Waals surface area contributed by atoms with E-state index < -0.39 is 0 Å². The van der Waals surface area contributed by atoms with Gasteiger partial charge in [-0.1, -0.05) is 26.7 Å². The Labute approximate surface area is 97.5 Å². The Morgan fingerprint density at radius 1 is 1.44 bits per heavy atom.